The molecule has 1 amide bonds. The van der Waals surface area contributed by atoms with E-state index in [4.69, 9.17) is 23.2 Å². The van der Waals surface area contributed by atoms with Crippen LogP contribution < -0.4 is 5.32 Å². The maximum atomic E-state index is 13.6. The molecule has 1 N–H and O–H groups in total. The summed E-state index contributed by atoms with van der Waals surface area (Å²) >= 11 is 12.5. The van der Waals surface area contributed by atoms with Crippen molar-refractivity contribution in [1.29, 1.82) is 0 Å². The number of hydrogen-bond donors (Lipinski definition) is 1. The molecule has 152 valence electrons. The highest BCUT2D eigenvalue weighted by atomic mass is 35.5. The first-order valence-corrected chi connectivity index (χ1v) is 11.1. The Hall–Kier alpha value is -2.36. The number of benzene rings is 2. The van der Waals surface area contributed by atoms with E-state index in [0.29, 0.717) is 21.3 Å². The van der Waals surface area contributed by atoms with Gasteiger partial charge in [0, 0.05) is 33.6 Å². The SMILES string of the molecule is O=C1C[C@@H](c2cccc(Cl)c2)[C@@]2(C=C1C1=CCCCC1)C(=O)Nc1cc(Cl)ccc12. The number of halogens is 2. The third-order valence-electron chi connectivity index (χ3n) is 6.55. The topological polar surface area (TPSA) is 46.2 Å². The van der Waals surface area contributed by atoms with Crippen LogP contribution in [-0.2, 0) is 15.0 Å². The number of ketones is 1. The molecule has 0 bridgehead atoms. The second-order valence-corrected chi connectivity index (χ2v) is 9.15. The molecule has 1 heterocycles. The summed E-state index contributed by atoms with van der Waals surface area (Å²) in [6, 6.07) is 13.0. The molecular weight excluding hydrogens is 417 g/mol. The molecule has 1 aliphatic heterocycles. The van der Waals surface area contributed by atoms with Crippen LogP contribution in [0.4, 0.5) is 5.69 Å². The number of allylic oxidation sites excluding steroid dienone is 3. The lowest BCUT2D eigenvalue weighted by Crippen LogP contribution is -2.43. The second kappa shape index (κ2) is 7.40. The number of rotatable bonds is 2. The number of carbonyl (C=O) groups is 2. The molecule has 2 aromatic rings. The van der Waals surface area contributed by atoms with E-state index in [0.717, 1.165) is 42.4 Å². The van der Waals surface area contributed by atoms with Gasteiger partial charge in [-0.25, -0.2) is 0 Å². The third-order valence-corrected chi connectivity index (χ3v) is 7.02. The summed E-state index contributed by atoms with van der Waals surface area (Å²) in [6.07, 6.45) is 8.42. The van der Waals surface area contributed by atoms with Crippen molar-refractivity contribution in [3.8, 4) is 0 Å². The van der Waals surface area contributed by atoms with Crippen LogP contribution in [0.25, 0.3) is 0 Å². The van der Waals surface area contributed by atoms with Crippen molar-refractivity contribution in [3.05, 3.63) is 86.9 Å². The Morgan fingerprint density at radius 2 is 1.83 bits per heavy atom. The van der Waals surface area contributed by atoms with Gasteiger partial charge in [0.25, 0.3) is 0 Å². The van der Waals surface area contributed by atoms with Gasteiger partial charge in [-0.1, -0.05) is 53.6 Å². The first kappa shape index (κ1) is 19.6. The second-order valence-electron chi connectivity index (χ2n) is 8.28. The summed E-state index contributed by atoms with van der Waals surface area (Å²) in [4.78, 5) is 26.8. The van der Waals surface area contributed by atoms with Gasteiger partial charge in [0.05, 0.1) is 0 Å². The Kier molecular flexibility index (Phi) is 4.83. The number of carbonyl (C=O) groups excluding carboxylic acids is 2. The highest BCUT2D eigenvalue weighted by molar-refractivity contribution is 6.31. The van der Waals surface area contributed by atoms with E-state index in [9.17, 15) is 9.59 Å². The first-order chi connectivity index (χ1) is 14.5. The van der Waals surface area contributed by atoms with Gasteiger partial charge < -0.3 is 5.32 Å². The Bertz CT molecular complexity index is 1130. The maximum Gasteiger partial charge on any atom is 0.239 e. The Morgan fingerprint density at radius 3 is 2.60 bits per heavy atom. The quantitative estimate of drug-likeness (QED) is 0.593. The van der Waals surface area contributed by atoms with Crippen LogP contribution in [0.5, 0.6) is 0 Å². The summed E-state index contributed by atoms with van der Waals surface area (Å²) in [5, 5.41) is 4.18. The number of amides is 1. The van der Waals surface area contributed by atoms with Crippen LogP contribution in [0.1, 0.15) is 49.1 Å². The zero-order valence-corrected chi connectivity index (χ0v) is 17.9. The van der Waals surface area contributed by atoms with E-state index in [2.05, 4.69) is 11.4 Å². The Balaban J connectivity index is 1.76. The van der Waals surface area contributed by atoms with Gasteiger partial charge in [0.2, 0.25) is 5.91 Å². The highest BCUT2D eigenvalue weighted by Gasteiger charge is 2.54. The van der Waals surface area contributed by atoms with Crippen molar-refractivity contribution < 1.29 is 9.59 Å². The van der Waals surface area contributed by atoms with Crippen molar-refractivity contribution in [3.63, 3.8) is 0 Å². The van der Waals surface area contributed by atoms with Gasteiger partial charge in [-0.15, -0.1) is 0 Å². The zero-order chi connectivity index (χ0) is 20.9. The van der Waals surface area contributed by atoms with Crippen LogP contribution in [0.15, 0.2) is 65.8 Å². The van der Waals surface area contributed by atoms with Crippen LogP contribution >= 0.6 is 23.2 Å². The Labute approximate surface area is 185 Å². The average Bonchev–Trinajstić information content (AvgIpc) is 3.01. The minimum Gasteiger partial charge on any atom is -0.325 e. The van der Waals surface area contributed by atoms with Gasteiger partial charge in [0.1, 0.15) is 5.41 Å². The molecule has 30 heavy (non-hydrogen) atoms. The molecule has 2 aromatic carbocycles. The lowest BCUT2D eigenvalue weighted by Gasteiger charge is -2.38. The van der Waals surface area contributed by atoms with E-state index in [1.54, 1.807) is 18.2 Å². The molecule has 0 unspecified atom stereocenters. The van der Waals surface area contributed by atoms with E-state index in [1.165, 1.54) is 0 Å². The molecule has 1 spiro atoms. The normalized spacial score (nSPS) is 25.6. The summed E-state index contributed by atoms with van der Waals surface area (Å²) in [5.41, 5.74) is 3.27. The fourth-order valence-electron chi connectivity index (χ4n) is 5.14. The predicted molar refractivity (Wildman–Crippen MR) is 120 cm³/mol. The first-order valence-electron chi connectivity index (χ1n) is 10.3. The molecule has 0 saturated heterocycles. The molecule has 2 atom stereocenters. The molecule has 5 heteroatoms. The number of nitrogens with one attached hydrogen (secondary N) is 1. The minimum absolute atomic E-state index is 0.0916. The third kappa shape index (κ3) is 3.03. The van der Waals surface area contributed by atoms with Crippen molar-refractivity contribution in [2.24, 2.45) is 0 Å². The van der Waals surface area contributed by atoms with Crippen molar-refractivity contribution in [2.45, 2.75) is 43.4 Å². The van der Waals surface area contributed by atoms with Crippen LogP contribution in [0, 0.1) is 0 Å². The maximum absolute atomic E-state index is 13.6. The van der Waals surface area contributed by atoms with Gasteiger partial charge in [0.15, 0.2) is 5.78 Å². The van der Waals surface area contributed by atoms with Crippen molar-refractivity contribution in [2.75, 3.05) is 5.32 Å². The molecule has 3 nitrogen and oxygen atoms in total. The summed E-state index contributed by atoms with van der Waals surface area (Å²) in [6.45, 7) is 0. The number of fused-ring (bicyclic) bond motifs is 2. The van der Waals surface area contributed by atoms with Gasteiger partial charge in [-0.3, -0.25) is 9.59 Å². The molecular formula is C25H21Cl2NO2. The van der Waals surface area contributed by atoms with Crippen LogP contribution in [-0.4, -0.2) is 11.7 Å². The fourth-order valence-corrected chi connectivity index (χ4v) is 5.51. The largest absolute Gasteiger partial charge is 0.325 e. The molecule has 3 aliphatic rings. The standard InChI is InChI=1S/C25H21Cl2NO2/c26-17-8-4-7-16(11-17)21-13-23(29)19(15-5-2-1-3-6-15)14-25(21)20-10-9-18(27)12-22(20)28-24(25)30/h4-5,7-12,14,21H,1-3,6,13H2,(H,28,30)/t21-,25-/m0/s1. The zero-order valence-electron chi connectivity index (χ0n) is 16.4. The Morgan fingerprint density at radius 1 is 1.00 bits per heavy atom. The molecule has 2 aliphatic carbocycles. The number of hydrogen-bond acceptors (Lipinski definition) is 2. The van der Waals surface area contributed by atoms with Gasteiger partial charge in [-0.2, -0.15) is 0 Å². The predicted octanol–water partition coefficient (Wildman–Crippen LogP) is 6.37. The van der Waals surface area contributed by atoms with E-state index in [1.807, 2.05) is 30.3 Å². The summed E-state index contributed by atoms with van der Waals surface area (Å²) < 4.78 is 0. The fraction of sp³-hybridized carbons (Fsp3) is 0.280. The van der Waals surface area contributed by atoms with Crippen LogP contribution in [0.3, 0.4) is 0 Å². The molecule has 0 radical (unpaired) electrons. The van der Waals surface area contributed by atoms with Gasteiger partial charge in [-0.05, 0) is 66.6 Å². The number of anilines is 1. The van der Waals surface area contributed by atoms with E-state index >= 15 is 0 Å². The van der Waals surface area contributed by atoms with Crippen molar-refractivity contribution in [1.82, 2.24) is 0 Å². The highest BCUT2D eigenvalue weighted by Crippen LogP contribution is 2.54. The minimum atomic E-state index is -0.966. The lowest BCUT2D eigenvalue weighted by atomic mass is 9.61. The molecule has 0 saturated carbocycles. The average molecular weight is 438 g/mol. The number of Topliss-reactive ketones (excluding diaryl/α,β-unsaturated/α-hetero) is 1. The molecule has 5 rings (SSSR count). The molecule has 0 fully saturated rings. The summed E-state index contributed by atoms with van der Waals surface area (Å²) in [5.74, 6) is -0.362. The van der Waals surface area contributed by atoms with E-state index < -0.39 is 5.41 Å². The monoisotopic (exact) mass is 437 g/mol. The molecule has 0 aromatic heterocycles. The lowest BCUT2D eigenvalue weighted by molar-refractivity contribution is -0.121. The van der Waals surface area contributed by atoms with Gasteiger partial charge >= 0.3 is 0 Å². The van der Waals surface area contributed by atoms with Crippen LogP contribution in [0.2, 0.25) is 10.0 Å². The summed E-state index contributed by atoms with van der Waals surface area (Å²) in [7, 11) is 0. The van der Waals surface area contributed by atoms with E-state index in [-0.39, 0.29) is 24.0 Å². The van der Waals surface area contributed by atoms with Crippen molar-refractivity contribution >= 4 is 40.6 Å². The smallest absolute Gasteiger partial charge is 0.239 e.